The molecule has 1 unspecified atom stereocenters. The second-order valence-corrected chi connectivity index (χ2v) is 6.88. The fraction of sp³-hybridized carbons (Fsp3) is 0.333. The van der Waals surface area contributed by atoms with Gasteiger partial charge in [-0.1, -0.05) is 13.8 Å². The number of hydrogen-bond donors (Lipinski definition) is 1. The van der Waals surface area contributed by atoms with Gasteiger partial charge in [-0.3, -0.25) is 4.79 Å². The maximum absolute atomic E-state index is 12.4. The van der Waals surface area contributed by atoms with Gasteiger partial charge in [-0.15, -0.1) is 0 Å². The summed E-state index contributed by atoms with van der Waals surface area (Å²) in [6.45, 7) is 3.69. The van der Waals surface area contributed by atoms with Gasteiger partial charge in [0.05, 0.1) is 18.5 Å². The van der Waals surface area contributed by atoms with Crippen molar-refractivity contribution in [3.63, 3.8) is 0 Å². The van der Waals surface area contributed by atoms with Gasteiger partial charge in [-0.05, 0) is 54.4 Å². The highest BCUT2D eigenvalue weighted by Crippen LogP contribution is 2.21. The molecular weight excluding hydrogens is 356 g/mol. The molecule has 2 aromatic rings. The van der Waals surface area contributed by atoms with Gasteiger partial charge in [0.15, 0.2) is 0 Å². The number of azo groups is 1. The summed E-state index contributed by atoms with van der Waals surface area (Å²) in [6.07, 6.45) is 0. The van der Waals surface area contributed by atoms with Gasteiger partial charge in [-0.25, -0.2) is 4.79 Å². The van der Waals surface area contributed by atoms with E-state index in [4.69, 9.17) is 4.74 Å². The molecule has 0 aliphatic heterocycles. The summed E-state index contributed by atoms with van der Waals surface area (Å²) in [5, 5.41) is 11.1. The lowest BCUT2D eigenvalue weighted by Crippen LogP contribution is -2.45. The minimum Gasteiger partial charge on any atom is -0.467 e. The van der Waals surface area contributed by atoms with Crippen molar-refractivity contribution in [2.24, 2.45) is 16.1 Å². The third-order valence-corrected chi connectivity index (χ3v) is 4.18. The molecule has 0 saturated heterocycles. The first-order valence-electron chi connectivity index (χ1n) is 8.99. The summed E-state index contributed by atoms with van der Waals surface area (Å²) in [7, 11) is 5.25. The second-order valence-electron chi connectivity index (χ2n) is 6.88. The van der Waals surface area contributed by atoms with Crippen LogP contribution in [0.2, 0.25) is 0 Å². The Morgan fingerprint density at radius 2 is 1.43 bits per heavy atom. The molecule has 1 amide bonds. The molecule has 0 spiro atoms. The van der Waals surface area contributed by atoms with E-state index in [0.717, 1.165) is 11.4 Å². The lowest BCUT2D eigenvalue weighted by atomic mass is 10.0. The quantitative estimate of drug-likeness (QED) is 0.577. The van der Waals surface area contributed by atoms with Crippen LogP contribution in [-0.2, 0) is 9.53 Å². The molecule has 0 radical (unpaired) electrons. The van der Waals surface area contributed by atoms with E-state index < -0.39 is 12.0 Å². The molecule has 0 bridgehead atoms. The van der Waals surface area contributed by atoms with Crippen molar-refractivity contribution in [2.75, 3.05) is 26.1 Å². The minimum absolute atomic E-state index is 0.0802. The number of benzene rings is 2. The normalized spacial score (nSPS) is 12.1. The van der Waals surface area contributed by atoms with Crippen LogP contribution >= 0.6 is 0 Å². The highest BCUT2D eigenvalue weighted by Gasteiger charge is 2.25. The number of methoxy groups -OCH3 is 1. The highest BCUT2D eigenvalue weighted by molar-refractivity contribution is 5.97. The third kappa shape index (κ3) is 5.64. The van der Waals surface area contributed by atoms with Crippen LogP contribution in [0, 0.1) is 5.92 Å². The molecule has 2 aromatic carbocycles. The summed E-state index contributed by atoms with van der Waals surface area (Å²) in [5.41, 5.74) is 2.89. The van der Waals surface area contributed by atoms with Crippen molar-refractivity contribution in [1.29, 1.82) is 0 Å². The van der Waals surface area contributed by atoms with Crippen molar-refractivity contribution < 1.29 is 14.3 Å². The molecule has 1 atom stereocenters. The number of carbonyl (C=O) groups excluding carboxylic acids is 2. The lowest BCUT2D eigenvalue weighted by Gasteiger charge is -2.19. The van der Waals surface area contributed by atoms with Gasteiger partial charge in [0.2, 0.25) is 0 Å². The fourth-order valence-corrected chi connectivity index (χ4v) is 2.46. The van der Waals surface area contributed by atoms with Crippen molar-refractivity contribution in [1.82, 2.24) is 5.32 Å². The topological polar surface area (TPSA) is 83.4 Å². The van der Waals surface area contributed by atoms with E-state index in [0.29, 0.717) is 11.3 Å². The van der Waals surface area contributed by atoms with Gasteiger partial charge < -0.3 is 15.0 Å². The van der Waals surface area contributed by atoms with Crippen molar-refractivity contribution in [3.05, 3.63) is 54.1 Å². The Morgan fingerprint density at radius 1 is 0.929 bits per heavy atom. The molecule has 0 aliphatic rings. The summed E-state index contributed by atoms with van der Waals surface area (Å²) >= 11 is 0. The van der Waals surface area contributed by atoms with Crippen LogP contribution in [0.1, 0.15) is 24.2 Å². The molecule has 7 nitrogen and oxygen atoms in total. The van der Waals surface area contributed by atoms with E-state index >= 15 is 0 Å². The molecule has 0 saturated carbocycles. The Labute approximate surface area is 165 Å². The summed E-state index contributed by atoms with van der Waals surface area (Å²) < 4.78 is 4.74. The largest absolute Gasteiger partial charge is 0.467 e. The van der Waals surface area contributed by atoms with Gasteiger partial charge in [-0.2, -0.15) is 10.2 Å². The van der Waals surface area contributed by atoms with E-state index in [1.807, 2.05) is 57.1 Å². The number of rotatable bonds is 7. The number of esters is 1. The fourth-order valence-electron chi connectivity index (χ4n) is 2.46. The number of anilines is 1. The summed E-state index contributed by atoms with van der Waals surface area (Å²) in [4.78, 5) is 26.2. The van der Waals surface area contributed by atoms with Gasteiger partial charge in [0.25, 0.3) is 5.91 Å². The average Bonchev–Trinajstić information content (AvgIpc) is 2.70. The second kappa shape index (κ2) is 9.64. The molecule has 2 rings (SSSR count). The van der Waals surface area contributed by atoms with Crippen LogP contribution in [0.5, 0.6) is 0 Å². The maximum Gasteiger partial charge on any atom is 0.328 e. The first-order chi connectivity index (χ1) is 13.3. The van der Waals surface area contributed by atoms with Crippen LogP contribution < -0.4 is 10.2 Å². The van der Waals surface area contributed by atoms with Crippen LogP contribution in [0.4, 0.5) is 17.1 Å². The number of hydrogen-bond acceptors (Lipinski definition) is 6. The van der Waals surface area contributed by atoms with Gasteiger partial charge >= 0.3 is 5.97 Å². The van der Waals surface area contributed by atoms with E-state index in [9.17, 15) is 9.59 Å². The molecular formula is C21H26N4O3. The third-order valence-electron chi connectivity index (χ3n) is 4.18. The molecule has 1 N–H and O–H groups in total. The van der Waals surface area contributed by atoms with Crippen molar-refractivity contribution in [3.8, 4) is 0 Å². The van der Waals surface area contributed by atoms with Crippen LogP contribution in [-0.4, -0.2) is 39.1 Å². The molecule has 0 heterocycles. The Morgan fingerprint density at radius 3 is 1.86 bits per heavy atom. The standard InChI is InChI=1S/C21H26N4O3/c1-14(2)19(21(27)28-5)22-20(26)15-6-8-16(9-7-15)23-24-17-10-12-18(13-11-17)25(3)4/h6-14,19H,1-5H3,(H,22,26). The minimum atomic E-state index is -0.693. The Balaban J connectivity index is 2.04. The predicted octanol–water partition coefficient (Wildman–Crippen LogP) is 4.10. The number of carbonyl (C=O) groups is 2. The Kier molecular flexibility index (Phi) is 7.26. The summed E-state index contributed by atoms with van der Waals surface area (Å²) in [6, 6.07) is 13.7. The molecule has 148 valence electrons. The van der Waals surface area contributed by atoms with Crippen molar-refractivity contribution >= 4 is 28.9 Å². The first-order valence-corrected chi connectivity index (χ1v) is 8.99. The Hall–Kier alpha value is -3.22. The number of ether oxygens (including phenoxy) is 1. The zero-order valence-electron chi connectivity index (χ0n) is 16.8. The molecule has 7 heteroatoms. The van der Waals surface area contributed by atoms with Crippen LogP contribution in [0.25, 0.3) is 0 Å². The smallest absolute Gasteiger partial charge is 0.328 e. The van der Waals surface area contributed by atoms with E-state index in [1.165, 1.54) is 7.11 Å². The Bertz CT molecular complexity index is 828. The molecule has 28 heavy (non-hydrogen) atoms. The monoisotopic (exact) mass is 382 g/mol. The molecule has 0 fully saturated rings. The SMILES string of the molecule is COC(=O)C(NC(=O)c1ccc(N=Nc2ccc(N(C)C)cc2)cc1)C(C)C. The number of nitrogens with one attached hydrogen (secondary N) is 1. The van der Waals surface area contributed by atoms with Crippen LogP contribution in [0.15, 0.2) is 58.8 Å². The summed E-state index contributed by atoms with van der Waals surface area (Å²) in [5.74, 6) is -0.885. The lowest BCUT2D eigenvalue weighted by molar-refractivity contribution is -0.144. The van der Waals surface area contributed by atoms with Crippen molar-refractivity contribution in [2.45, 2.75) is 19.9 Å². The van der Waals surface area contributed by atoms with Gasteiger partial charge in [0, 0.05) is 25.3 Å². The van der Waals surface area contributed by atoms with E-state index in [-0.39, 0.29) is 11.8 Å². The molecule has 0 aromatic heterocycles. The van der Waals surface area contributed by atoms with Crippen LogP contribution in [0.3, 0.4) is 0 Å². The number of nitrogens with zero attached hydrogens (tertiary/aromatic N) is 3. The van der Waals surface area contributed by atoms with E-state index in [2.05, 4.69) is 15.5 Å². The van der Waals surface area contributed by atoms with Gasteiger partial charge in [0.1, 0.15) is 6.04 Å². The number of amides is 1. The van der Waals surface area contributed by atoms with E-state index in [1.54, 1.807) is 24.3 Å². The predicted molar refractivity (Wildman–Crippen MR) is 109 cm³/mol. The zero-order chi connectivity index (χ0) is 20.7. The highest BCUT2D eigenvalue weighted by atomic mass is 16.5. The molecule has 0 aliphatic carbocycles. The first kappa shape index (κ1) is 21.1. The average molecular weight is 382 g/mol. The maximum atomic E-state index is 12.4. The zero-order valence-corrected chi connectivity index (χ0v) is 16.8.